The van der Waals surface area contributed by atoms with Crippen molar-refractivity contribution in [3.05, 3.63) is 24.3 Å². The normalized spacial score (nSPS) is 26.0. The fourth-order valence-corrected chi connectivity index (χ4v) is 2.43. The lowest BCUT2D eigenvalue weighted by molar-refractivity contribution is 0.170. The molecule has 1 fully saturated rings. The molecule has 94 valence electrons. The molecule has 0 radical (unpaired) electrons. The van der Waals surface area contributed by atoms with Crippen LogP contribution in [-0.4, -0.2) is 37.1 Å². The number of nitrogens with zero attached hydrogens (tertiary/aromatic N) is 2. The van der Waals surface area contributed by atoms with Crippen LogP contribution in [0.5, 0.6) is 0 Å². The van der Waals surface area contributed by atoms with E-state index in [2.05, 4.69) is 30.7 Å². The highest BCUT2D eigenvalue weighted by atomic mass is 19.2. The largest absolute Gasteiger partial charge is 0.367 e. The Hall–Kier alpha value is -1.29. The summed E-state index contributed by atoms with van der Waals surface area (Å²) >= 11 is 0. The third kappa shape index (κ3) is 2.36. The minimum atomic E-state index is 0.478. The molecule has 0 spiro atoms. The van der Waals surface area contributed by atoms with Gasteiger partial charge in [0.2, 0.25) is 0 Å². The van der Waals surface area contributed by atoms with Gasteiger partial charge in [-0.3, -0.25) is 4.90 Å². The fourth-order valence-electron chi connectivity index (χ4n) is 2.43. The Balaban J connectivity index is 2.22. The maximum atomic E-state index is 12.7. The van der Waals surface area contributed by atoms with Gasteiger partial charge >= 0.3 is 0 Å². The van der Waals surface area contributed by atoms with Gasteiger partial charge < -0.3 is 4.90 Å². The van der Waals surface area contributed by atoms with Gasteiger partial charge in [0.05, 0.1) is 11.4 Å². The molecule has 0 unspecified atom stereocenters. The van der Waals surface area contributed by atoms with Crippen molar-refractivity contribution in [1.82, 2.24) is 4.90 Å². The molecule has 0 aromatic heterocycles. The second-order valence-corrected chi connectivity index (χ2v) is 4.88. The maximum Gasteiger partial charge on any atom is 0.0889 e. The molecule has 0 aliphatic carbocycles. The summed E-state index contributed by atoms with van der Waals surface area (Å²) in [6, 6.07) is 8.48. The average molecular weight is 237 g/mol. The molecule has 1 aliphatic rings. The number of nitrogens with one attached hydrogen (secondary N) is 1. The lowest BCUT2D eigenvalue weighted by Gasteiger charge is -2.43. The Kier molecular flexibility index (Phi) is 3.52. The number of hydrogen-bond donors (Lipinski definition) is 1. The topological polar surface area (TPSA) is 18.5 Å². The first-order valence-corrected chi connectivity index (χ1v) is 6.06. The van der Waals surface area contributed by atoms with Crippen molar-refractivity contribution in [3.63, 3.8) is 0 Å². The van der Waals surface area contributed by atoms with E-state index in [0.29, 0.717) is 17.8 Å². The van der Waals surface area contributed by atoms with Crippen LogP contribution in [0, 0.1) is 0 Å². The smallest absolute Gasteiger partial charge is 0.0889 e. The number of piperazine rings is 1. The van der Waals surface area contributed by atoms with Crippen LogP contribution in [0.15, 0.2) is 24.3 Å². The number of para-hydroxylation sites is 2. The number of likely N-dealkylation sites (N-methyl/N-ethyl adjacent to an activating group) is 1. The summed E-state index contributed by atoms with van der Waals surface area (Å²) in [6.07, 6.45) is 0. The van der Waals surface area contributed by atoms with Gasteiger partial charge in [0, 0.05) is 25.2 Å². The molecule has 1 aromatic rings. The predicted molar refractivity (Wildman–Crippen MR) is 70.1 cm³/mol. The van der Waals surface area contributed by atoms with E-state index in [1.165, 1.54) is 0 Å². The summed E-state index contributed by atoms with van der Waals surface area (Å²) in [5.41, 5.74) is 3.28. The van der Waals surface area contributed by atoms with E-state index >= 15 is 0 Å². The summed E-state index contributed by atoms with van der Waals surface area (Å²) in [5.74, 6) is 0. The van der Waals surface area contributed by atoms with Crippen LogP contribution in [0.1, 0.15) is 13.8 Å². The predicted octanol–water partition coefficient (Wildman–Crippen LogP) is 2.51. The molecule has 1 aromatic carbocycles. The van der Waals surface area contributed by atoms with E-state index in [4.69, 9.17) is 0 Å². The monoisotopic (exact) mass is 237 g/mol. The van der Waals surface area contributed by atoms with E-state index < -0.39 is 0 Å². The summed E-state index contributed by atoms with van der Waals surface area (Å²) in [5, 5.41) is 0. The Morgan fingerprint density at radius 3 is 2.35 bits per heavy atom. The van der Waals surface area contributed by atoms with E-state index in [9.17, 15) is 4.48 Å². The Morgan fingerprint density at radius 1 is 1.18 bits per heavy atom. The quantitative estimate of drug-likeness (QED) is 0.797. The van der Waals surface area contributed by atoms with Crippen molar-refractivity contribution < 1.29 is 4.48 Å². The second kappa shape index (κ2) is 4.92. The minimum absolute atomic E-state index is 0.478. The summed E-state index contributed by atoms with van der Waals surface area (Å²) < 4.78 is 12.7. The number of halogens is 1. The molecule has 1 aliphatic heterocycles. The van der Waals surface area contributed by atoms with Crippen molar-refractivity contribution in [1.29, 1.82) is 0 Å². The highest BCUT2D eigenvalue weighted by Crippen LogP contribution is 2.28. The van der Waals surface area contributed by atoms with E-state index in [1.54, 1.807) is 11.6 Å². The van der Waals surface area contributed by atoms with Crippen molar-refractivity contribution in [2.45, 2.75) is 25.9 Å². The molecular formula is C13H20FN3. The zero-order valence-corrected chi connectivity index (χ0v) is 10.7. The van der Waals surface area contributed by atoms with Crippen molar-refractivity contribution in [3.8, 4) is 0 Å². The Bertz CT molecular complexity index is 371. The van der Waals surface area contributed by atoms with Gasteiger partial charge in [0.25, 0.3) is 0 Å². The van der Waals surface area contributed by atoms with Gasteiger partial charge in [-0.2, -0.15) is 0 Å². The average Bonchev–Trinajstić information content (AvgIpc) is 2.35. The molecule has 0 bridgehead atoms. The molecule has 3 nitrogen and oxygen atoms in total. The Morgan fingerprint density at radius 2 is 1.76 bits per heavy atom. The van der Waals surface area contributed by atoms with Crippen molar-refractivity contribution >= 4 is 11.4 Å². The summed E-state index contributed by atoms with van der Waals surface area (Å²) in [7, 11) is 2.14. The molecule has 2 atom stereocenters. The van der Waals surface area contributed by atoms with Crippen LogP contribution in [0.4, 0.5) is 15.9 Å². The van der Waals surface area contributed by atoms with Crippen molar-refractivity contribution in [2.75, 3.05) is 30.6 Å². The van der Waals surface area contributed by atoms with Gasteiger partial charge in [-0.05, 0) is 33.0 Å². The number of rotatable bonds is 2. The zero-order valence-electron chi connectivity index (χ0n) is 10.7. The van der Waals surface area contributed by atoms with Gasteiger partial charge in [-0.25, -0.2) is 5.54 Å². The first-order valence-electron chi connectivity index (χ1n) is 6.06. The lowest BCUT2D eigenvalue weighted by atomic mass is 10.1. The maximum absolute atomic E-state index is 12.7. The molecule has 4 heteroatoms. The first-order chi connectivity index (χ1) is 8.13. The van der Waals surface area contributed by atoms with Crippen LogP contribution < -0.4 is 10.4 Å². The number of hydrogen-bond acceptors (Lipinski definition) is 3. The SMILES string of the molecule is C[C@@H]1CN(c2ccccc2NF)C[C@H](C)N1C. The highest BCUT2D eigenvalue weighted by molar-refractivity contribution is 5.69. The first kappa shape index (κ1) is 12.2. The Labute approximate surface area is 102 Å². The van der Waals surface area contributed by atoms with E-state index in [0.717, 1.165) is 18.8 Å². The van der Waals surface area contributed by atoms with E-state index in [-0.39, 0.29) is 0 Å². The number of benzene rings is 1. The van der Waals surface area contributed by atoms with Crippen LogP contribution in [0.25, 0.3) is 0 Å². The second-order valence-electron chi connectivity index (χ2n) is 4.88. The van der Waals surface area contributed by atoms with Gasteiger partial charge in [-0.1, -0.05) is 12.1 Å². The fraction of sp³-hybridized carbons (Fsp3) is 0.538. The van der Waals surface area contributed by atoms with E-state index in [1.807, 2.05) is 18.2 Å². The molecule has 1 saturated heterocycles. The highest BCUT2D eigenvalue weighted by Gasteiger charge is 2.27. The van der Waals surface area contributed by atoms with Crippen LogP contribution in [-0.2, 0) is 0 Å². The zero-order chi connectivity index (χ0) is 12.4. The van der Waals surface area contributed by atoms with Gasteiger partial charge in [-0.15, -0.1) is 4.48 Å². The molecular weight excluding hydrogens is 217 g/mol. The number of anilines is 2. The molecule has 1 heterocycles. The van der Waals surface area contributed by atoms with Crippen LogP contribution >= 0.6 is 0 Å². The third-order valence-corrected chi connectivity index (χ3v) is 3.71. The van der Waals surface area contributed by atoms with Gasteiger partial charge in [0.1, 0.15) is 0 Å². The molecule has 0 amide bonds. The third-order valence-electron chi connectivity index (χ3n) is 3.71. The lowest BCUT2D eigenvalue weighted by Crippen LogP contribution is -2.55. The molecule has 17 heavy (non-hydrogen) atoms. The summed E-state index contributed by atoms with van der Waals surface area (Å²) in [4.78, 5) is 4.61. The molecule has 0 saturated carbocycles. The standard InChI is InChI=1S/C13H20FN3/c1-10-8-17(9-11(2)16(10)3)13-7-5-4-6-12(13)15-14/h4-7,10-11,15H,8-9H2,1-3H3/t10-,11+. The van der Waals surface area contributed by atoms with Crippen molar-refractivity contribution in [2.24, 2.45) is 0 Å². The minimum Gasteiger partial charge on any atom is -0.367 e. The molecule has 1 N–H and O–H groups in total. The van der Waals surface area contributed by atoms with Crippen LogP contribution in [0.3, 0.4) is 0 Å². The summed E-state index contributed by atoms with van der Waals surface area (Å²) in [6.45, 7) is 6.27. The van der Waals surface area contributed by atoms with Gasteiger partial charge in [0.15, 0.2) is 0 Å². The molecule has 2 rings (SSSR count). The van der Waals surface area contributed by atoms with Crippen LogP contribution in [0.2, 0.25) is 0 Å².